The summed E-state index contributed by atoms with van der Waals surface area (Å²) in [7, 11) is 1.82. The highest BCUT2D eigenvalue weighted by Gasteiger charge is 2.39. The summed E-state index contributed by atoms with van der Waals surface area (Å²) in [5.74, 6) is -2.36. The maximum Gasteiger partial charge on any atom is 0.273 e. The number of halogens is 2. The Morgan fingerprint density at radius 3 is 2.58 bits per heavy atom. The Labute approximate surface area is 233 Å². The van der Waals surface area contributed by atoms with Gasteiger partial charge < -0.3 is 14.7 Å². The van der Waals surface area contributed by atoms with Crippen LogP contribution in [0.2, 0.25) is 0 Å². The van der Waals surface area contributed by atoms with Crippen molar-refractivity contribution in [1.29, 1.82) is 0 Å². The highest BCUT2D eigenvalue weighted by atomic mass is 19.1. The molecular formula is C31H36F2N4O3. The summed E-state index contributed by atoms with van der Waals surface area (Å²) in [5, 5.41) is 6.84. The molecule has 40 heavy (non-hydrogen) atoms. The largest absolute Gasteiger partial charge is 0.355 e. The molecule has 1 N–H and O–H groups in total. The van der Waals surface area contributed by atoms with Crippen LogP contribution in [0.25, 0.3) is 11.3 Å². The molecule has 1 aliphatic carbocycles. The first-order valence-corrected chi connectivity index (χ1v) is 14.1. The van der Waals surface area contributed by atoms with E-state index in [1.807, 2.05) is 25.2 Å². The first kappa shape index (κ1) is 28.0. The van der Waals surface area contributed by atoms with Crippen LogP contribution in [0.1, 0.15) is 54.6 Å². The van der Waals surface area contributed by atoms with Crippen LogP contribution in [0.5, 0.6) is 0 Å². The molecule has 0 spiro atoms. The minimum absolute atomic E-state index is 0.0102. The van der Waals surface area contributed by atoms with Gasteiger partial charge in [0.1, 0.15) is 11.6 Å². The number of nitrogens with one attached hydrogen (secondary N) is 1. The quantitative estimate of drug-likeness (QED) is 0.424. The van der Waals surface area contributed by atoms with Gasteiger partial charge in [0, 0.05) is 50.9 Å². The van der Waals surface area contributed by atoms with Gasteiger partial charge in [-0.25, -0.2) is 8.78 Å². The number of likely N-dealkylation sites (N-methyl/N-ethyl adjacent to an activating group) is 1. The third-order valence-electron chi connectivity index (χ3n) is 8.26. The van der Waals surface area contributed by atoms with Crippen molar-refractivity contribution in [1.82, 2.24) is 20.3 Å². The third-order valence-corrected chi connectivity index (χ3v) is 8.26. The minimum Gasteiger partial charge on any atom is -0.355 e. The van der Waals surface area contributed by atoms with Crippen LogP contribution in [0.15, 0.2) is 59.1 Å². The van der Waals surface area contributed by atoms with Gasteiger partial charge in [0.25, 0.3) is 5.91 Å². The number of carbonyl (C=O) groups is 2. The van der Waals surface area contributed by atoms with E-state index in [2.05, 4.69) is 27.5 Å². The lowest BCUT2D eigenvalue weighted by Gasteiger charge is -2.43. The first-order valence-electron chi connectivity index (χ1n) is 14.1. The van der Waals surface area contributed by atoms with Crippen LogP contribution < -0.4 is 5.32 Å². The Balaban J connectivity index is 1.29. The number of amides is 2. The van der Waals surface area contributed by atoms with E-state index in [1.165, 1.54) is 37.0 Å². The number of benzene rings is 2. The lowest BCUT2D eigenvalue weighted by atomic mass is 9.86. The lowest BCUT2D eigenvalue weighted by Crippen LogP contribution is -2.58. The summed E-state index contributed by atoms with van der Waals surface area (Å²) in [6, 6.07) is 14.6. The summed E-state index contributed by atoms with van der Waals surface area (Å²) in [4.78, 5) is 31.2. The number of carbonyl (C=O) groups excluding carboxylic acids is 2. The molecule has 2 aromatic carbocycles. The molecule has 3 aromatic rings. The Hall–Kier alpha value is -3.59. The number of rotatable bonds is 8. The standard InChI is InChI=1S/C31H36F2N4O3/c1-36(16-14-21-8-4-2-5-9-21)31(39)25-20-37(23-10-6-3-7-11-23)17-15-27(25)34-30(38)28-19-29(40-35-28)24-13-12-22(32)18-26(24)33/h2,4-5,8-9,12-13,18-19,23,25,27H,3,6-7,10-11,14-17,20H2,1H3,(H,34,38)/t25-,27-/m0/s1. The molecule has 2 atom stereocenters. The second-order valence-electron chi connectivity index (χ2n) is 11.0. The SMILES string of the molecule is CN(CCc1ccccc1)C(=O)[C@H]1CN(C2CCCCC2)CC[C@@H]1NC(=O)c1cc(-c2ccc(F)cc2F)on1. The van der Waals surface area contributed by atoms with Crippen molar-refractivity contribution in [2.75, 3.05) is 26.7 Å². The smallest absolute Gasteiger partial charge is 0.273 e. The molecule has 7 nitrogen and oxygen atoms in total. The number of nitrogens with zero attached hydrogens (tertiary/aromatic N) is 3. The van der Waals surface area contributed by atoms with E-state index in [0.717, 1.165) is 37.9 Å². The lowest BCUT2D eigenvalue weighted by molar-refractivity contribution is -0.137. The van der Waals surface area contributed by atoms with E-state index >= 15 is 0 Å². The van der Waals surface area contributed by atoms with Gasteiger partial charge >= 0.3 is 0 Å². The van der Waals surface area contributed by atoms with Crippen molar-refractivity contribution >= 4 is 11.8 Å². The second kappa shape index (κ2) is 12.7. The van der Waals surface area contributed by atoms with Crippen molar-refractivity contribution in [2.24, 2.45) is 5.92 Å². The normalized spacial score (nSPS) is 20.3. The second-order valence-corrected chi connectivity index (χ2v) is 11.0. The molecule has 0 radical (unpaired) electrons. The Morgan fingerprint density at radius 2 is 1.82 bits per heavy atom. The first-order chi connectivity index (χ1) is 19.4. The average molecular weight is 551 g/mol. The maximum absolute atomic E-state index is 14.2. The number of likely N-dealkylation sites (tertiary alicyclic amines) is 1. The summed E-state index contributed by atoms with van der Waals surface area (Å²) >= 11 is 0. The molecule has 2 heterocycles. The number of hydrogen-bond donors (Lipinski definition) is 1. The van der Waals surface area contributed by atoms with E-state index in [9.17, 15) is 18.4 Å². The molecule has 9 heteroatoms. The van der Waals surface area contributed by atoms with Gasteiger partial charge in [-0.15, -0.1) is 0 Å². The number of aromatic nitrogens is 1. The van der Waals surface area contributed by atoms with Gasteiger partial charge in [-0.3, -0.25) is 14.5 Å². The molecule has 0 bridgehead atoms. The number of piperidine rings is 1. The van der Waals surface area contributed by atoms with Crippen molar-refractivity contribution in [3.05, 3.63) is 77.5 Å². The fraction of sp³-hybridized carbons (Fsp3) is 0.452. The Bertz CT molecular complexity index is 1310. The third kappa shape index (κ3) is 6.58. The van der Waals surface area contributed by atoms with E-state index in [4.69, 9.17) is 4.52 Å². The zero-order chi connectivity index (χ0) is 28.1. The topological polar surface area (TPSA) is 78.7 Å². The van der Waals surface area contributed by atoms with Crippen LogP contribution >= 0.6 is 0 Å². The van der Waals surface area contributed by atoms with Crippen LogP contribution in [0.3, 0.4) is 0 Å². The van der Waals surface area contributed by atoms with Gasteiger partial charge in [0.2, 0.25) is 5.91 Å². The Morgan fingerprint density at radius 1 is 1.05 bits per heavy atom. The van der Waals surface area contributed by atoms with E-state index in [1.54, 1.807) is 4.90 Å². The van der Waals surface area contributed by atoms with Crippen LogP contribution in [-0.2, 0) is 11.2 Å². The van der Waals surface area contributed by atoms with Crippen molar-refractivity contribution < 1.29 is 22.9 Å². The molecule has 0 unspecified atom stereocenters. The highest BCUT2D eigenvalue weighted by molar-refractivity contribution is 5.94. The summed E-state index contributed by atoms with van der Waals surface area (Å²) < 4.78 is 32.7. The van der Waals surface area contributed by atoms with Crippen molar-refractivity contribution in [2.45, 2.75) is 57.0 Å². The maximum atomic E-state index is 14.2. The zero-order valence-corrected chi connectivity index (χ0v) is 22.8. The molecule has 2 fully saturated rings. The molecule has 1 aromatic heterocycles. The highest BCUT2D eigenvalue weighted by Crippen LogP contribution is 2.29. The van der Waals surface area contributed by atoms with Crippen LogP contribution in [-0.4, -0.2) is 65.5 Å². The predicted molar refractivity (Wildman–Crippen MR) is 147 cm³/mol. The molecule has 2 aliphatic rings. The monoisotopic (exact) mass is 550 g/mol. The molecule has 1 aliphatic heterocycles. The van der Waals surface area contributed by atoms with E-state index in [-0.39, 0.29) is 29.0 Å². The summed E-state index contributed by atoms with van der Waals surface area (Å²) in [6.07, 6.45) is 7.35. The number of hydrogen-bond acceptors (Lipinski definition) is 5. The molecule has 212 valence electrons. The van der Waals surface area contributed by atoms with E-state index in [0.29, 0.717) is 25.6 Å². The predicted octanol–water partition coefficient (Wildman–Crippen LogP) is 5.07. The molecule has 5 rings (SSSR count). The Kier molecular flexibility index (Phi) is 8.89. The van der Waals surface area contributed by atoms with Gasteiger partial charge in [0.15, 0.2) is 11.5 Å². The van der Waals surface area contributed by atoms with Gasteiger partial charge in [-0.2, -0.15) is 0 Å². The average Bonchev–Trinajstić information content (AvgIpc) is 3.47. The fourth-order valence-corrected chi connectivity index (χ4v) is 5.95. The van der Waals surface area contributed by atoms with Crippen molar-refractivity contribution in [3.8, 4) is 11.3 Å². The van der Waals surface area contributed by atoms with E-state index < -0.39 is 23.5 Å². The fourth-order valence-electron chi connectivity index (χ4n) is 5.95. The molecule has 1 saturated carbocycles. The van der Waals surface area contributed by atoms with Crippen LogP contribution in [0, 0.1) is 17.6 Å². The molecular weight excluding hydrogens is 514 g/mol. The molecule has 2 amide bonds. The zero-order valence-electron chi connectivity index (χ0n) is 22.8. The van der Waals surface area contributed by atoms with Crippen molar-refractivity contribution in [3.63, 3.8) is 0 Å². The van der Waals surface area contributed by atoms with Gasteiger partial charge in [-0.05, 0) is 43.4 Å². The summed E-state index contributed by atoms with van der Waals surface area (Å²) in [6.45, 7) is 1.98. The summed E-state index contributed by atoms with van der Waals surface area (Å²) in [5.41, 5.74) is 1.16. The van der Waals surface area contributed by atoms with Crippen LogP contribution in [0.4, 0.5) is 8.78 Å². The molecule has 1 saturated heterocycles. The van der Waals surface area contributed by atoms with Gasteiger partial charge in [0.05, 0.1) is 11.5 Å². The minimum atomic E-state index is -0.803. The van der Waals surface area contributed by atoms with Gasteiger partial charge in [-0.1, -0.05) is 54.8 Å².